The number of ether oxygens (including phenoxy) is 1. The molecule has 5 heteroatoms. The summed E-state index contributed by atoms with van der Waals surface area (Å²) in [5.41, 5.74) is 0.683. The normalized spacial score (nSPS) is 22.4. The van der Waals surface area contributed by atoms with Crippen LogP contribution in [0.5, 0.6) is 0 Å². The summed E-state index contributed by atoms with van der Waals surface area (Å²) >= 11 is 0. The molecular formula is C17H25N3O2. The van der Waals surface area contributed by atoms with Crippen LogP contribution in [0.4, 0.5) is 5.82 Å². The third-order valence-electron chi connectivity index (χ3n) is 4.45. The minimum absolute atomic E-state index is 0.0390. The Balaban J connectivity index is 1.67. The first-order chi connectivity index (χ1) is 10.8. The highest BCUT2D eigenvalue weighted by atomic mass is 16.5. The van der Waals surface area contributed by atoms with E-state index in [2.05, 4.69) is 15.2 Å². The van der Waals surface area contributed by atoms with Gasteiger partial charge in [-0.05, 0) is 37.8 Å². The van der Waals surface area contributed by atoms with Crippen molar-refractivity contribution < 1.29 is 9.53 Å². The standard InChI is InChI=1S/C17H25N3O2/c21-17(19-13-14-7-6-12-22-14)15-8-5-9-18-16(15)20-10-3-1-2-4-11-20/h5,8-9,14H,1-4,6-7,10-13H2,(H,19,21). The van der Waals surface area contributed by atoms with Crippen LogP contribution < -0.4 is 10.2 Å². The van der Waals surface area contributed by atoms with Crippen molar-refractivity contribution in [3.8, 4) is 0 Å². The summed E-state index contributed by atoms with van der Waals surface area (Å²) in [6, 6.07) is 3.71. The van der Waals surface area contributed by atoms with E-state index in [1.165, 1.54) is 25.7 Å². The van der Waals surface area contributed by atoms with Gasteiger partial charge in [0, 0.05) is 32.4 Å². The number of hydrogen-bond donors (Lipinski definition) is 1. The number of carbonyl (C=O) groups is 1. The Bertz CT molecular complexity index is 492. The zero-order valence-electron chi connectivity index (χ0n) is 13.1. The number of aromatic nitrogens is 1. The van der Waals surface area contributed by atoms with Crippen LogP contribution >= 0.6 is 0 Å². The van der Waals surface area contributed by atoms with Crippen molar-refractivity contribution in [1.82, 2.24) is 10.3 Å². The van der Waals surface area contributed by atoms with Gasteiger partial charge in [0.25, 0.3) is 5.91 Å². The zero-order valence-corrected chi connectivity index (χ0v) is 13.1. The smallest absolute Gasteiger partial charge is 0.255 e. The van der Waals surface area contributed by atoms with Crippen molar-refractivity contribution in [3.63, 3.8) is 0 Å². The van der Waals surface area contributed by atoms with Crippen LogP contribution in [0.25, 0.3) is 0 Å². The monoisotopic (exact) mass is 303 g/mol. The van der Waals surface area contributed by atoms with Gasteiger partial charge in [0.2, 0.25) is 0 Å². The molecule has 3 rings (SSSR count). The van der Waals surface area contributed by atoms with Crippen LogP contribution in [0, 0.1) is 0 Å². The molecule has 1 N–H and O–H groups in total. The molecule has 1 atom stereocenters. The predicted octanol–water partition coefficient (Wildman–Crippen LogP) is 2.37. The molecule has 0 aromatic carbocycles. The maximum absolute atomic E-state index is 12.5. The molecule has 0 bridgehead atoms. The quantitative estimate of drug-likeness (QED) is 0.928. The summed E-state index contributed by atoms with van der Waals surface area (Å²) in [5, 5.41) is 3.01. The Kier molecular flexibility index (Phi) is 5.27. The molecule has 1 unspecified atom stereocenters. The third-order valence-corrected chi connectivity index (χ3v) is 4.45. The van der Waals surface area contributed by atoms with Gasteiger partial charge in [0.15, 0.2) is 0 Å². The molecule has 1 amide bonds. The number of hydrogen-bond acceptors (Lipinski definition) is 4. The largest absolute Gasteiger partial charge is 0.376 e. The Morgan fingerprint density at radius 2 is 2.09 bits per heavy atom. The second kappa shape index (κ2) is 7.58. The highest BCUT2D eigenvalue weighted by molar-refractivity contribution is 5.98. The molecule has 2 aliphatic heterocycles. The second-order valence-electron chi connectivity index (χ2n) is 6.12. The van der Waals surface area contributed by atoms with Crippen molar-refractivity contribution in [3.05, 3.63) is 23.9 Å². The summed E-state index contributed by atoms with van der Waals surface area (Å²) in [6.45, 7) is 3.38. The van der Waals surface area contributed by atoms with Crippen LogP contribution in [-0.2, 0) is 4.74 Å². The molecule has 2 fully saturated rings. The van der Waals surface area contributed by atoms with Crippen LogP contribution in [0.2, 0.25) is 0 Å². The van der Waals surface area contributed by atoms with Gasteiger partial charge < -0.3 is 15.0 Å². The van der Waals surface area contributed by atoms with Crippen molar-refractivity contribution >= 4 is 11.7 Å². The first-order valence-corrected chi connectivity index (χ1v) is 8.44. The SMILES string of the molecule is O=C(NCC1CCCO1)c1cccnc1N1CCCCCC1. The third kappa shape index (κ3) is 3.77. The second-order valence-corrected chi connectivity index (χ2v) is 6.12. The molecule has 0 spiro atoms. The van der Waals surface area contributed by atoms with Gasteiger partial charge in [-0.1, -0.05) is 12.8 Å². The van der Waals surface area contributed by atoms with Crippen LogP contribution in [0.15, 0.2) is 18.3 Å². The lowest BCUT2D eigenvalue weighted by Gasteiger charge is -2.23. The van der Waals surface area contributed by atoms with Crippen molar-refractivity contribution in [2.75, 3.05) is 31.1 Å². The van der Waals surface area contributed by atoms with Gasteiger partial charge >= 0.3 is 0 Å². The van der Waals surface area contributed by atoms with Crippen LogP contribution in [0.3, 0.4) is 0 Å². The van der Waals surface area contributed by atoms with Crippen molar-refractivity contribution in [2.45, 2.75) is 44.6 Å². The van der Waals surface area contributed by atoms with Crippen LogP contribution in [-0.4, -0.2) is 43.2 Å². The molecule has 2 aliphatic rings. The van der Waals surface area contributed by atoms with E-state index in [9.17, 15) is 4.79 Å². The van der Waals surface area contributed by atoms with E-state index in [4.69, 9.17) is 4.74 Å². The Hall–Kier alpha value is -1.62. The predicted molar refractivity (Wildman–Crippen MR) is 86.2 cm³/mol. The van der Waals surface area contributed by atoms with E-state index in [0.29, 0.717) is 12.1 Å². The molecule has 5 nitrogen and oxygen atoms in total. The fourth-order valence-electron chi connectivity index (χ4n) is 3.22. The van der Waals surface area contributed by atoms with Gasteiger partial charge in [-0.25, -0.2) is 4.98 Å². The summed E-state index contributed by atoms with van der Waals surface area (Å²) in [7, 11) is 0. The minimum atomic E-state index is -0.0390. The average Bonchev–Trinajstić information content (AvgIpc) is 2.93. The molecule has 0 aliphatic carbocycles. The molecule has 1 aromatic heterocycles. The van der Waals surface area contributed by atoms with Crippen LogP contribution in [0.1, 0.15) is 48.9 Å². The topological polar surface area (TPSA) is 54.5 Å². The number of pyridine rings is 1. The molecule has 2 saturated heterocycles. The number of amides is 1. The molecule has 22 heavy (non-hydrogen) atoms. The number of carbonyl (C=O) groups excluding carboxylic acids is 1. The van der Waals surface area contributed by atoms with Gasteiger partial charge in [0.05, 0.1) is 11.7 Å². The average molecular weight is 303 g/mol. The van der Waals surface area contributed by atoms with Crippen molar-refractivity contribution in [2.24, 2.45) is 0 Å². The number of rotatable bonds is 4. The van der Waals surface area contributed by atoms with Gasteiger partial charge in [-0.15, -0.1) is 0 Å². The fourth-order valence-corrected chi connectivity index (χ4v) is 3.22. The van der Waals surface area contributed by atoms with E-state index < -0.39 is 0 Å². The highest BCUT2D eigenvalue weighted by Crippen LogP contribution is 2.21. The number of anilines is 1. The van der Waals surface area contributed by atoms with E-state index in [0.717, 1.165) is 38.4 Å². The van der Waals surface area contributed by atoms with E-state index in [-0.39, 0.29) is 12.0 Å². The number of nitrogens with one attached hydrogen (secondary N) is 1. The Labute approximate surface area is 132 Å². The lowest BCUT2D eigenvalue weighted by Crippen LogP contribution is -2.34. The van der Waals surface area contributed by atoms with Gasteiger partial charge in [-0.2, -0.15) is 0 Å². The van der Waals surface area contributed by atoms with Gasteiger partial charge in [-0.3, -0.25) is 4.79 Å². The van der Waals surface area contributed by atoms with E-state index in [1.54, 1.807) is 6.20 Å². The van der Waals surface area contributed by atoms with Gasteiger partial charge in [0.1, 0.15) is 5.82 Å². The Morgan fingerprint density at radius 3 is 2.82 bits per heavy atom. The maximum Gasteiger partial charge on any atom is 0.255 e. The maximum atomic E-state index is 12.5. The first-order valence-electron chi connectivity index (χ1n) is 8.44. The minimum Gasteiger partial charge on any atom is -0.376 e. The highest BCUT2D eigenvalue weighted by Gasteiger charge is 2.21. The molecule has 3 heterocycles. The summed E-state index contributed by atoms with van der Waals surface area (Å²) in [6.07, 6.45) is 8.95. The van der Waals surface area contributed by atoms with Crippen molar-refractivity contribution in [1.29, 1.82) is 0 Å². The zero-order chi connectivity index (χ0) is 15.2. The fraction of sp³-hybridized carbons (Fsp3) is 0.647. The summed E-state index contributed by atoms with van der Waals surface area (Å²) < 4.78 is 5.56. The Morgan fingerprint density at radius 1 is 1.27 bits per heavy atom. The first kappa shape index (κ1) is 15.3. The lowest BCUT2D eigenvalue weighted by atomic mass is 10.2. The summed E-state index contributed by atoms with van der Waals surface area (Å²) in [4.78, 5) is 19.3. The molecule has 1 aromatic rings. The van der Waals surface area contributed by atoms with E-state index in [1.807, 2.05) is 12.1 Å². The number of nitrogens with zero attached hydrogens (tertiary/aromatic N) is 2. The molecular weight excluding hydrogens is 278 g/mol. The molecule has 0 radical (unpaired) electrons. The summed E-state index contributed by atoms with van der Waals surface area (Å²) in [5.74, 6) is 0.789. The molecule has 120 valence electrons. The molecule has 0 saturated carbocycles. The lowest BCUT2D eigenvalue weighted by molar-refractivity contribution is 0.0858. The van der Waals surface area contributed by atoms with E-state index >= 15 is 0 Å².